The van der Waals surface area contributed by atoms with Crippen LogP contribution < -0.4 is 0 Å². The molecule has 0 amide bonds. The number of hydrogen-bond acceptors (Lipinski definition) is 1. The molecule has 0 bridgehead atoms. The first-order valence-electron chi connectivity index (χ1n) is 7.06. The van der Waals surface area contributed by atoms with Crippen LogP contribution in [0.3, 0.4) is 0 Å². The summed E-state index contributed by atoms with van der Waals surface area (Å²) in [6, 6.07) is 20.3. The molecule has 0 radical (unpaired) electrons. The van der Waals surface area contributed by atoms with Gasteiger partial charge >= 0.3 is 0 Å². The molecular weight excluding hydrogens is 280 g/mol. The molecule has 3 rings (SSSR count). The molecule has 0 unspecified atom stereocenters. The molecule has 1 aromatic heterocycles. The topological polar surface area (TPSA) is 17.8 Å². The Balaban J connectivity index is 2.16. The van der Waals surface area contributed by atoms with Gasteiger partial charge in [-0.3, -0.25) is 0 Å². The van der Waals surface area contributed by atoms with Crippen molar-refractivity contribution in [1.29, 1.82) is 0 Å². The first-order chi connectivity index (χ1) is 10.1. The Morgan fingerprint density at radius 2 is 1.62 bits per heavy atom. The van der Waals surface area contributed by atoms with Crippen molar-refractivity contribution in [3.63, 3.8) is 0 Å². The Kier molecular flexibility index (Phi) is 3.80. The van der Waals surface area contributed by atoms with E-state index < -0.39 is 0 Å². The Bertz CT molecular complexity index is 728. The lowest BCUT2D eigenvalue weighted by atomic mass is 10.1. The second-order valence-electron chi connectivity index (χ2n) is 5.36. The quantitative estimate of drug-likeness (QED) is 0.640. The minimum Gasteiger partial charge on any atom is -0.233 e. The summed E-state index contributed by atoms with van der Waals surface area (Å²) in [5.41, 5.74) is 4.36. The second kappa shape index (κ2) is 5.74. The van der Waals surface area contributed by atoms with E-state index in [2.05, 4.69) is 32.0 Å². The summed E-state index contributed by atoms with van der Waals surface area (Å²) in [7, 11) is 0. The monoisotopic (exact) mass is 296 g/mol. The maximum atomic E-state index is 5.98. The predicted octanol–water partition coefficient (Wildman–Crippen LogP) is 5.32. The van der Waals surface area contributed by atoms with Gasteiger partial charge in [-0.2, -0.15) is 5.10 Å². The number of hydrogen-bond donors (Lipinski definition) is 0. The highest BCUT2D eigenvalue weighted by Crippen LogP contribution is 2.27. The summed E-state index contributed by atoms with van der Waals surface area (Å²) in [6.07, 6.45) is 0. The summed E-state index contributed by atoms with van der Waals surface area (Å²) < 4.78 is 1.99. The van der Waals surface area contributed by atoms with Gasteiger partial charge in [-0.1, -0.05) is 55.8 Å². The van der Waals surface area contributed by atoms with Gasteiger partial charge in [0.15, 0.2) is 0 Å². The number of nitrogens with zero attached hydrogens (tertiary/aromatic N) is 2. The van der Waals surface area contributed by atoms with Gasteiger partial charge in [-0.15, -0.1) is 0 Å². The van der Waals surface area contributed by atoms with E-state index in [4.69, 9.17) is 16.7 Å². The lowest BCUT2D eigenvalue weighted by Crippen LogP contribution is -2.00. The second-order valence-corrected chi connectivity index (χ2v) is 5.80. The molecule has 3 aromatic rings. The fourth-order valence-corrected chi connectivity index (χ4v) is 2.40. The molecule has 0 N–H and O–H groups in total. The van der Waals surface area contributed by atoms with E-state index >= 15 is 0 Å². The van der Waals surface area contributed by atoms with Crippen molar-refractivity contribution < 1.29 is 0 Å². The molecular formula is C18H17ClN2. The van der Waals surface area contributed by atoms with Gasteiger partial charge in [0.25, 0.3) is 0 Å². The fourth-order valence-electron chi connectivity index (χ4n) is 2.28. The zero-order valence-corrected chi connectivity index (χ0v) is 12.9. The largest absolute Gasteiger partial charge is 0.233 e. The van der Waals surface area contributed by atoms with Crippen LogP contribution in [0.2, 0.25) is 5.02 Å². The van der Waals surface area contributed by atoms with E-state index in [1.165, 1.54) is 0 Å². The molecule has 0 saturated carbocycles. The highest BCUT2D eigenvalue weighted by atomic mass is 35.5. The fraction of sp³-hybridized carbons (Fsp3) is 0.167. The molecule has 3 heteroatoms. The molecule has 0 spiro atoms. The third kappa shape index (κ3) is 2.86. The average Bonchev–Trinajstić information content (AvgIpc) is 2.94. The molecule has 2 nitrogen and oxygen atoms in total. The summed E-state index contributed by atoms with van der Waals surface area (Å²) in [6.45, 7) is 4.31. The van der Waals surface area contributed by atoms with Crippen molar-refractivity contribution in [1.82, 2.24) is 9.78 Å². The summed E-state index contributed by atoms with van der Waals surface area (Å²) in [5, 5.41) is 5.49. The Hall–Kier alpha value is -2.06. The average molecular weight is 297 g/mol. The number of rotatable bonds is 3. The van der Waals surface area contributed by atoms with Gasteiger partial charge in [-0.05, 0) is 36.2 Å². The van der Waals surface area contributed by atoms with Crippen molar-refractivity contribution in [2.24, 2.45) is 0 Å². The zero-order valence-electron chi connectivity index (χ0n) is 12.1. The lowest BCUT2D eigenvalue weighted by molar-refractivity contribution is 0.770. The maximum Gasteiger partial charge on any atom is 0.0743 e. The summed E-state index contributed by atoms with van der Waals surface area (Å²) in [5.74, 6) is 0.390. The normalized spacial score (nSPS) is 11.0. The Morgan fingerprint density at radius 1 is 0.952 bits per heavy atom. The lowest BCUT2D eigenvalue weighted by Gasteiger charge is -2.07. The molecule has 0 saturated heterocycles. The third-order valence-corrected chi connectivity index (χ3v) is 3.71. The van der Waals surface area contributed by atoms with Crippen LogP contribution in [-0.2, 0) is 0 Å². The van der Waals surface area contributed by atoms with Crippen LogP contribution in [0.25, 0.3) is 16.9 Å². The number of halogens is 1. The van der Waals surface area contributed by atoms with Crippen LogP contribution in [0.5, 0.6) is 0 Å². The minimum atomic E-state index is 0.390. The van der Waals surface area contributed by atoms with Gasteiger partial charge < -0.3 is 0 Å². The van der Waals surface area contributed by atoms with Crippen molar-refractivity contribution >= 4 is 11.6 Å². The van der Waals surface area contributed by atoms with Crippen LogP contribution >= 0.6 is 11.6 Å². The molecule has 0 atom stereocenters. The third-order valence-electron chi connectivity index (χ3n) is 3.46. The Labute approximate surface area is 130 Å². The Morgan fingerprint density at radius 3 is 2.24 bits per heavy atom. The van der Waals surface area contributed by atoms with Gasteiger partial charge in [0.05, 0.1) is 17.1 Å². The zero-order chi connectivity index (χ0) is 14.8. The molecule has 21 heavy (non-hydrogen) atoms. The SMILES string of the molecule is CC(C)c1cc(-c2ccccc2)n(-c2ccc(Cl)cc2)n1. The highest BCUT2D eigenvalue weighted by molar-refractivity contribution is 6.30. The van der Waals surface area contributed by atoms with E-state index in [-0.39, 0.29) is 0 Å². The van der Waals surface area contributed by atoms with Crippen LogP contribution in [0.15, 0.2) is 60.7 Å². The van der Waals surface area contributed by atoms with Crippen molar-refractivity contribution in [3.05, 3.63) is 71.4 Å². The minimum absolute atomic E-state index is 0.390. The predicted molar refractivity (Wildman–Crippen MR) is 88.1 cm³/mol. The van der Waals surface area contributed by atoms with Crippen LogP contribution in [-0.4, -0.2) is 9.78 Å². The van der Waals surface area contributed by atoms with Crippen LogP contribution in [0, 0.1) is 0 Å². The van der Waals surface area contributed by atoms with E-state index in [0.29, 0.717) is 5.92 Å². The standard InChI is InChI=1S/C18H17ClN2/c1-13(2)17-12-18(14-6-4-3-5-7-14)21(20-17)16-10-8-15(19)9-11-16/h3-13H,1-2H3. The van der Waals surface area contributed by atoms with E-state index in [0.717, 1.165) is 27.7 Å². The molecule has 0 aliphatic carbocycles. The van der Waals surface area contributed by atoms with Gasteiger partial charge in [0.1, 0.15) is 0 Å². The first-order valence-corrected chi connectivity index (χ1v) is 7.44. The summed E-state index contributed by atoms with van der Waals surface area (Å²) >= 11 is 5.98. The van der Waals surface area contributed by atoms with Gasteiger partial charge in [0.2, 0.25) is 0 Å². The number of benzene rings is 2. The van der Waals surface area contributed by atoms with Crippen molar-refractivity contribution in [3.8, 4) is 16.9 Å². The molecule has 0 aliphatic rings. The van der Waals surface area contributed by atoms with Gasteiger partial charge in [0, 0.05) is 10.6 Å². The number of aromatic nitrogens is 2. The van der Waals surface area contributed by atoms with Crippen LogP contribution in [0.4, 0.5) is 0 Å². The van der Waals surface area contributed by atoms with Crippen LogP contribution in [0.1, 0.15) is 25.5 Å². The maximum absolute atomic E-state index is 5.98. The summed E-state index contributed by atoms with van der Waals surface area (Å²) in [4.78, 5) is 0. The van der Waals surface area contributed by atoms with Gasteiger partial charge in [-0.25, -0.2) is 4.68 Å². The molecule has 0 fully saturated rings. The van der Waals surface area contributed by atoms with Crippen molar-refractivity contribution in [2.45, 2.75) is 19.8 Å². The van der Waals surface area contributed by atoms with E-state index in [9.17, 15) is 0 Å². The smallest absolute Gasteiger partial charge is 0.0743 e. The first kappa shape index (κ1) is 13.9. The van der Waals surface area contributed by atoms with E-state index in [1.54, 1.807) is 0 Å². The van der Waals surface area contributed by atoms with E-state index in [1.807, 2.05) is 47.1 Å². The molecule has 106 valence electrons. The molecule has 2 aromatic carbocycles. The molecule has 1 heterocycles. The molecule has 0 aliphatic heterocycles. The highest BCUT2D eigenvalue weighted by Gasteiger charge is 2.13. The van der Waals surface area contributed by atoms with Crippen molar-refractivity contribution in [2.75, 3.05) is 0 Å².